The van der Waals surface area contributed by atoms with Gasteiger partial charge in [-0.15, -0.1) is 0 Å². The first-order chi connectivity index (χ1) is 9.99. The third-order valence-corrected chi connectivity index (χ3v) is 4.12. The van der Waals surface area contributed by atoms with Gasteiger partial charge in [0.25, 0.3) is 0 Å². The number of hydrogen-bond donors (Lipinski definition) is 2. The number of nitrogens with zero attached hydrogens (tertiary/aromatic N) is 1. The molecule has 0 spiro atoms. The Bertz CT molecular complexity index is 504. The van der Waals surface area contributed by atoms with E-state index < -0.39 is 5.97 Å². The molecule has 0 atom stereocenters. The van der Waals surface area contributed by atoms with Gasteiger partial charge < -0.3 is 14.9 Å². The minimum absolute atomic E-state index is 0.0729. The van der Waals surface area contributed by atoms with Crippen molar-refractivity contribution in [3.8, 4) is 0 Å². The fourth-order valence-electron chi connectivity index (χ4n) is 3.13. The van der Waals surface area contributed by atoms with Crippen LogP contribution in [0.15, 0.2) is 10.6 Å². The Balaban J connectivity index is 1.89. The predicted molar refractivity (Wildman–Crippen MR) is 75.5 cm³/mol. The zero-order valence-electron chi connectivity index (χ0n) is 12.4. The number of nitrogens with one attached hydrogen (secondary N) is 1. The SMILES string of the molecule is Cc1cc(CNC(=O)CC2(CC(=O)O)CCCCC2)no1. The van der Waals surface area contributed by atoms with Crippen LogP contribution in [0.2, 0.25) is 0 Å². The van der Waals surface area contributed by atoms with Gasteiger partial charge in [-0.2, -0.15) is 0 Å². The molecule has 0 aromatic carbocycles. The zero-order chi connectivity index (χ0) is 15.3. The Labute approximate surface area is 123 Å². The van der Waals surface area contributed by atoms with Crippen LogP contribution >= 0.6 is 0 Å². The second kappa shape index (κ2) is 6.74. The summed E-state index contributed by atoms with van der Waals surface area (Å²) in [5.41, 5.74) is 0.297. The average Bonchev–Trinajstić information content (AvgIpc) is 2.82. The highest BCUT2D eigenvalue weighted by molar-refractivity contribution is 5.78. The van der Waals surface area contributed by atoms with Crippen LogP contribution in [-0.4, -0.2) is 22.1 Å². The molecule has 1 aliphatic carbocycles. The van der Waals surface area contributed by atoms with Gasteiger partial charge in [-0.1, -0.05) is 24.4 Å². The predicted octanol–water partition coefficient (Wildman–Crippen LogP) is 2.41. The van der Waals surface area contributed by atoms with Crippen molar-refractivity contribution >= 4 is 11.9 Å². The fourth-order valence-corrected chi connectivity index (χ4v) is 3.13. The number of aromatic nitrogens is 1. The Morgan fingerprint density at radius 2 is 2.05 bits per heavy atom. The van der Waals surface area contributed by atoms with E-state index in [1.807, 2.05) is 0 Å². The lowest BCUT2D eigenvalue weighted by atomic mass is 9.69. The first kappa shape index (κ1) is 15.5. The molecule has 6 heteroatoms. The van der Waals surface area contributed by atoms with E-state index in [-0.39, 0.29) is 24.2 Å². The van der Waals surface area contributed by atoms with E-state index in [1.165, 1.54) is 0 Å². The molecule has 116 valence electrons. The lowest BCUT2D eigenvalue weighted by molar-refractivity contribution is -0.141. The van der Waals surface area contributed by atoms with Crippen LogP contribution < -0.4 is 5.32 Å². The molecule has 2 rings (SSSR count). The lowest BCUT2D eigenvalue weighted by Gasteiger charge is -2.35. The number of rotatable bonds is 6. The summed E-state index contributed by atoms with van der Waals surface area (Å²) in [5, 5.41) is 15.7. The van der Waals surface area contributed by atoms with Crippen LogP contribution in [0.5, 0.6) is 0 Å². The normalized spacial score (nSPS) is 17.4. The van der Waals surface area contributed by atoms with Gasteiger partial charge in [0.2, 0.25) is 5.91 Å². The number of carboxylic acid groups (broad SMARTS) is 1. The summed E-state index contributed by atoms with van der Waals surface area (Å²) in [7, 11) is 0. The van der Waals surface area contributed by atoms with Crippen LogP contribution in [0, 0.1) is 12.3 Å². The van der Waals surface area contributed by atoms with Crippen molar-refractivity contribution in [2.24, 2.45) is 5.41 Å². The topological polar surface area (TPSA) is 92.4 Å². The molecule has 0 radical (unpaired) electrons. The van der Waals surface area contributed by atoms with Gasteiger partial charge in [0.15, 0.2) is 0 Å². The fraction of sp³-hybridized carbons (Fsp3) is 0.667. The highest BCUT2D eigenvalue weighted by Gasteiger charge is 2.36. The van der Waals surface area contributed by atoms with Crippen molar-refractivity contribution in [2.75, 3.05) is 0 Å². The van der Waals surface area contributed by atoms with Gasteiger partial charge in [-0.05, 0) is 25.2 Å². The smallest absolute Gasteiger partial charge is 0.303 e. The van der Waals surface area contributed by atoms with Crippen molar-refractivity contribution in [1.82, 2.24) is 10.5 Å². The molecule has 0 aliphatic heterocycles. The molecule has 0 bridgehead atoms. The second-order valence-corrected chi connectivity index (χ2v) is 6.01. The summed E-state index contributed by atoms with van der Waals surface area (Å²) in [6.45, 7) is 2.11. The summed E-state index contributed by atoms with van der Waals surface area (Å²) in [6.07, 6.45) is 5.11. The molecule has 1 aliphatic rings. The van der Waals surface area contributed by atoms with Gasteiger partial charge in [-0.25, -0.2) is 0 Å². The van der Waals surface area contributed by atoms with Crippen LogP contribution in [0.4, 0.5) is 0 Å². The monoisotopic (exact) mass is 294 g/mol. The summed E-state index contributed by atoms with van der Waals surface area (Å²) in [4.78, 5) is 23.2. The molecule has 1 amide bonds. The lowest BCUT2D eigenvalue weighted by Crippen LogP contribution is -2.35. The van der Waals surface area contributed by atoms with Gasteiger partial charge >= 0.3 is 5.97 Å². The number of carboxylic acids is 1. The molecule has 0 unspecified atom stereocenters. The number of aryl methyl sites for hydroxylation is 1. The highest BCUT2D eigenvalue weighted by atomic mass is 16.5. The standard InChI is InChI=1S/C15H22N2O4/c1-11-7-12(17-21-11)10-16-13(18)8-15(9-14(19)20)5-3-2-4-6-15/h7H,2-6,8-10H2,1H3,(H,16,18)(H,19,20). The second-order valence-electron chi connectivity index (χ2n) is 6.01. The Morgan fingerprint density at radius 3 is 2.62 bits per heavy atom. The number of aliphatic carboxylic acids is 1. The van der Waals surface area contributed by atoms with Crippen molar-refractivity contribution in [1.29, 1.82) is 0 Å². The molecule has 2 N–H and O–H groups in total. The number of carbonyl (C=O) groups is 2. The van der Waals surface area contributed by atoms with Crippen LogP contribution in [0.1, 0.15) is 56.4 Å². The van der Waals surface area contributed by atoms with E-state index >= 15 is 0 Å². The maximum absolute atomic E-state index is 12.1. The van der Waals surface area contributed by atoms with E-state index in [4.69, 9.17) is 9.63 Å². The molecule has 1 saturated carbocycles. The highest BCUT2D eigenvalue weighted by Crippen LogP contribution is 2.42. The first-order valence-electron chi connectivity index (χ1n) is 7.40. The van der Waals surface area contributed by atoms with E-state index in [0.717, 1.165) is 32.1 Å². The van der Waals surface area contributed by atoms with Gasteiger partial charge in [0, 0.05) is 12.5 Å². The summed E-state index contributed by atoms with van der Waals surface area (Å²) in [5.74, 6) is -0.232. The molecular weight excluding hydrogens is 272 g/mol. The molecule has 0 saturated heterocycles. The van der Waals surface area contributed by atoms with E-state index in [2.05, 4.69) is 10.5 Å². The molecule has 1 aromatic rings. The molecular formula is C15H22N2O4. The molecule has 1 fully saturated rings. The Morgan fingerprint density at radius 1 is 1.33 bits per heavy atom. The minimum Gasteiger partial charge on any atom is -0.481 e. The third-order valence-electron chi connectivity index (χ3n) is 4.12. The average molecular weight is 294 g/mol. The maximum Gasteiger partial charge on any atom is 0.303 e. The van der Waals surface area contributed by atoms with Crippen molar-refractivity contribution < 1.29 is 19.2 Å². The molecule has 1 heterocycles. The van der Waals surface area contributed by atoms with Gasteiger partial charge in [0.1, 0.15) is 11.5 Å². The molecule has 6 nitrogen and oxygen atoms in total. The van der Waals surface area contributed by atoms with Crippen molar-refractivity contribution in [3.05, 3.63) is 17.5 Å². The minimum atomic E-state index is -0.822. The van der Waals surface area contributed by atoms with Crippen molar-refractivity contribution in [3.63, 3.8) is 0 Å². The largest absolute Gasteiger partial charge is 0.481 e. The van der Waals surface area contributed by atoms with Gasteiger partial charge in [0.05, 0.1) is 13.0 Å². The molecule has 1 aromatic heterocycles. The van der Waals surface area contributed by atoms with Crippen LogP contribution in [-0.2, 0) is 16.1 Å². The summed E-state index contributed by atoms with van der Waals surface area (Å²) < 4.78 is 4.94. The summed E-state index contributed by atoms with van der Waals surface area (Å²) in [6, 6.07) is 1.77. The van der Waals surface area contributed by atoms with Gasteiger partial charge in [-0.3, -0.25) is 9.59 Å². The number of hydrogen-bond acceptors (Lipinski definition) is 4. The maximum atomic E-state index is 12.1. The number of amides is 1. The van der Waals surface area contributed by atoms with Crippen molar-refractivity contribution in [2.45, 2.75) is 58.4 Å². The number of carbonyl (C=O) groups excluding carboxylic acids is 1. The van der Waals surface area contributed by atoms with E-state index in [1.54, 1.807) is 13.0 Å². The van der Waals surface area contributed by atoms with Crippen LogP contribution in [0.3, 0.4) is 0 Å². The first-order valence-corrected chi connectivity index (χ1v) is 7.40. The van der Waals surface area contributed by atoms with Crippen LogP contribution in [0.25, 0.3) is 0 Å². The third kappa shape index (κ3) is 4.58. The summed E-state index contributed by atoms with van der Waals surface area (Å²) >= 11 is 0. The quantitative estimate of drug-likeness (QED) is 0.840. The van der Waals surface area contributed by atoms with E-state index in [9.17, 15) is 9.59 Å². The Kier molecular flexibility index (Phi) is 4.98. The van der Waals surface area contributed by atoms with E-state index in [0.29, 0.717) is 18.0 Å². The molecule has 21 heavy (non-hydrogen) atoms. The zero-order valence-corrected chi connectivity index (χ0v) is 12.4. The Hall–Kier alpha value is -1.85.